The van der Waals surface area contributed by atoms with Crippen molar-refractivity contribution >= 4 is 15.9 Å². The van der Waals surface area contributed by atoms with Crippen molar-refractivity contribution in [2.24, 2.45) is 0 Å². The normalized spacial score (nSPS) is 23.9. The van der Waals surface area contributed by atoms with Crippen molar-refractivity contribution < 1.29 is 13.2 Å². The molecule has 1 fully saturated rings. The van der Waals surface area contributed by atoms with Crippen LogP contribution in [-0.2, 0) is 20.4 Å². The van der Waals surface area contributed by atoms with Crippen LogP contribution < -0.4 is 5.32 Å². The molecule has 0 aromatic carbocycles. The van der Waals surface area contributed by atoms with Crippen LogP contribution in [0.1, 0.15) is 26.2 Å². The van der Waals surface area contributed by atoms with Crippen LogP contribution in [0, 0.1) is 0 Å². The number of carbonyl (C=O) groups is 1. The standard InChI is InChI=1S/C13H22N4O3S/c1-3-10-21(19,20)16-8-4-6-13(11-16,12(18)14-2)17-9-5-7-15-17/h5,7,9H,3-4,6,8,10-11H2,1-2H3,(H,14,18). The number of aromatic nitrogens is 2. The van der Waals surface area contributed by atoms with Gasteiger partial charge in [-0.15, -0.1) is 0 Å². The van der Waals surface area contributed by atoms with Crippen LogP contribution in [-0.4, -0.2) is 54.3 Å². The summed E-state index contributed by atoms with van der Waals surface area (Å²) in [5.74, 6) is -0.0989. The summed E-state index contributed by atoms with van der Waals surface area (Å²) in [6.07, 6.45) is 5.09. The van der Waals surface area contributed by atoms with E-state index in [1.165, 1.54) is 4.31 Å². The highest BCUT2D eigenvalue weighted by Crippen LogP contribution is 2.30. The maximum Gasteiger partial charge on any atom is 0.249 e. The van der Waals surface area contributed by atoms with Crippen LogP contribution >= 0.6 is 0 Å². The van der Waals surface area contributed by atoms with Gasteiger partial charge >= 0.3 is 0 Å². The third-order valence-corrected chi connectivity index (χ3v) is 5.91. The van der Waals surface area contributed by atoms with E-state index in [2.05, 4.69) is 10.4 Å². The van der Waals surface area contributed by atoms with Gasteiger partial charge < -0.3 is 5.32 Å². The van der Waals surface area contributed by atoms with Gasteiger partial charge in [-0.1, -0.05) is 6.92 Å². The zero-order chi connectivity index (χ0) is 15.5. The summed E-state index contributed by atoms with van der Waals surface area (Å²) in [5.41, 5.74) is -0.961. The third kappa shape index (κ3) is 2.96. The van der Waals surface area contributed by atoms with Gasteiger partial charge in [0.15, 0.2) is 5.54 Å². The maximum absolute atomic E-state index is 12.4. The first-order chi connectivity index (χ1) is 9.96. The molecule has 7 nitrogen and oxygen atoms in total. The Morgan fingerprint density at radius 3 is 2.81 bits per heavy atom. The van der Waals surface area contributed by atoms with Crippen LogP contribution in [0.25, 0.3) is 0 Å². The lowest BCUT2D eigenvalue weighted by Crippen LogP contribution is -2.59. The molecular formula is C13H22N4O3S. The molecule has 1 aliphatic rings. The average molecular weight is 314 g/mol. The number of amides is 1. The van der Waals surface area contributed by atoms with Gasteiger partial charge in [0.05, 0.1) is 5.75 Å². The number of nitrogens with zero attached hydrogens (tertiary/aromatic N) is 3. The number of hydrogen-bond acceptors (Lipinski definition) is 4. The van der Waals surface area contributed by atoms with Crippen LogP contribution in [0.5, 0.6) is 0 Å². The molecule has 2 heterocycles. The minimum absolute atomic E-state index is 0.107. The molecule has 0 saturated carbocycles. The van der Waals surface area contributed by atoms with Gasteiger partial charge in [0.25, 0.3) is 0 Å². The average Bonchev–Trinajstić information content (AvgIpc) is 3.01. The van der Waals surface area contributed by atoms with Gasteiger partial charge in [-0.05, 0) is 25.3 Å². The molecule has 1 atom stereocenters. The second kappa shape index (κ2) is 6.15. The molecule has 2 rings (SSSR count). The second-order valence-electron chi connectivity index (χ2n) is 5.31. The lowest BCUT2D eigenvalue weighted by molar-refractivity contribution is -0.132. The Kier molecular flexibility index (Phi) is 4.67. The van der Waals surface area contributed by atoms with E-state index in [9.17, 15) is 13.2 Å². The van der Waals surface area contributed by atoms with Gasteiger partial charge in [0.2, 0.25) is 15.9 Å². The summed E-state index contributed by atoms with van der Waals surface area (Å²) in [6, 6.07) is 1.74. The Balaban J connectivity index is 2.37. The van der Waals surface area contributed by atoms with Gasteiger partial charge in [-0.25, -0.2) is 8.42 Å². The summed E-state index contributed by atoms with van der Waals surface area (Å²) in [5, 5.41) is 6.82. The van der Waals surface area contributed by atoms with Crippen molar-refractivity contribution in [3.05, 3.63) is 18.5 Å². The second-order valence-corrected chi connectivity index (χ2v) is 7.40. The molecule has 8 heteroatoms. The number of carbonyl (C=O) groups excluding carboxylic acids is 1. The number of piperidine rings is 1. The zero-order valence-electron chi connectivity index (χ0n) is 12.4. The number of hydrogen-bond donors (Lipinski definition) is 1. The topological polar surface area (TPSA) is 84.3 Å². The van der Waals surface area contributed by atoms with Gasteiger partial charge in [0, 0.05) is 32.5 Å². The van der Waals surface area contributed by atoms with E-state index >= 15 is 0 Å². The fraction of sp³-hybridized carbons (Fsp3) is 0.692. The fourth-order valence-corrected chi connectivity index (χ4v) is 4.44. The largest absolute Gasteiger partial charge is 0.357 e. The first-order valence-corrected chi connectivity index (χ1v) is 8.77. The van der Waals surface area contributed by atoms with Crippen molar-refractivity contribution in [3.8, 4) is 0 Å². The van der Waals surface area contributed by atoms with Crippen LogP contribution in [0.4, 0.5) is 0 Å². The Morgan fingerprint density at radius 2 is 2.24 bits per heavy atom. The molecule has 0 spiro atoms. The van der Waals surface area contributed by atoms with Crippen LogP contribution in [0.3, 0.4) is 0 Å². The molecule has 1 amide bonds. The van der Waals surface area contributed by atoms with Crippen molar-refractivity contribution in [1.82, 2.24) is 19.4 Å². The smallest absolute Gasteiger partial charge is 0.249 e. The van der Waals surface area contributed by atoms with E-state index in [0.29, 0.717) is 25.8 Å². The quantitative estimate of drug-likeness (QED) is 0.839. The van der Waals surface area contributed by atoms with Crippen LogP contribution in [0.15, 0.2) is 18.5 Å². The summed E-state index contributed by atoms with van der Waals surface area (Å²) >= 11 is 0. The molecule has 0 bridgehead atoms. The van der Waals surface area contributed by atoms with Crippen molar-refractivity contribution in [2.45, 2.75) is 31.7 Å². The monoisotopic (exact) mass is 314 g/mol. The highest BCUT2D eigenvalue weighted by Gasteiger charge is 2.46. The minimum Gasteiger partial charge on any atom is -0.357 e. The van der Waals surface area contributed by atoms with Crippen LogP contribution in [0.2, 0.25) is 0 Å². The van der Waals surface area contributed by atoms with Crippen molar-refractivity contribution in [1.29, 1.82) is 0 Å². The zero-order valence-corrected chi connectivity index (χ0v) is 13.3. The summed E-state index contributed by atoms with van der Waals surface area (Å²) in [4.78, 5) is 12.4. The summed E-state index contributed by atoms with van der Waals surface area (Å²) < 4.78 is 27.6. The molecular weight excluding hydrogens is 292 g/mol. The van der Waals surface area contributed by atoms with Crippen molar-refractivity contribution in [2.75, 3.05) is 25.9 Å². The van der Waals surface area contributed by atoms with Gasteiger partial charge in [-0.3, -0.25) is 9.48 Å². The van der Waals surface area contributed by atoms with Gasteiger partial charge in [-0.2, -0.15) is 9.40 Å². The molecule has 21 heavy (non-hydrogen) atoms. The van der Waals surface area contributed by atoms with Crippen molar-refractivity contribution in [3.63, 3.8) is 0 Å². The van der Waals surface area contributed by atoms with E-state index in [0.717, 1.165) is 0 Å². The molecule has 1 aromatic heterocycles. The predicted octanol–water partition coefficient (Wildman–Crippen LogP) is 0.160. The van der Waals surface area contributed by atoms with E-state index in [1.54, 1.807) is 30.2 Å². The highest BCUT2D eigenvalue weighted by atomic mass is 32.2. The maximum atomic E-state index is 12.4. The molecule has 1 aromatic rings. The van der Waals surface area contributed by atoms with E-state index < -0.39 is 15.6 Å². The van der Waals surface area contributed by atoms with E-state index in [-0.39, 0.29) is 18.2 Å². The molecule has 1 N–H and O–H groups in total. The van der Waals surface area contributed by atoms with E-state index in [4.69, 9.17) is 0 Å². The first-order valence-electron chi connectivity index (χ1n) is 7.16. The Labute approximate surface area is 125 Å². The number of rotatable bonds is 5. The lowest BCUT2D eigenvalue weighted by atomic mass is 9.89. The molecule has 118 valence electrons. The number of likely N-dealkylation sites (N-methyl/N-ethyl adjacent to an activating group) is 1. The molecule has 0 aliphatic carbocycles. The number of sulfonamides is 1. The molecule has 1 unspecified atom stereocenters. The Bertz CT molecular complexity index is 585. The van der Waals surface area contributed by atoms with E-state index in [1.807, 2.05) is 6.92 Å². The highest BCUT2D eigenvalue weighted by molar-refractivity contribution is 7.89. The minimum atomic E-state index is -3.33. The molecule has 1 saturated heterocycles. The predicted molar refractivity (Wildman–Crippen MR) is 79.2 cm³/mol. The van der Waals surface area contributed by atoms with Gasteiger partial charge in [0.1, 0.15) is 0 Å². The molecule has 1 aliphatic heterocycles. The SMILES string of the molecule is CCCS(=O)(=O)N1CCCC(C(=O)NC)(n2cccn2)C1. The third-order valence-electron chi connectivity index (χ3n) is 3.88. The summed E-state index contributed by atoms with van der Waals surface area (Å²) in [6.45, 7) is 2.43. The Morgan fingerprint density at radius 1 is 1.48 bits per heavy atom. The lowest BCUT2D eigenvalue weighted by Gasteiger charge is -2.40. The number of nitrogens with one attached hydrogen (secondary N) is 1. The fourth-order valence-electron chi connectivity index (χ4n) is 2.85. The first kappa shape index (κ1) is 16.0. The summed E-state index contributed by atoms with van der Waals surface area (Å²) in [7, 11) is -1.76. The molecule has 0 radical (unpaired) electrons. The Hall–Kier alpha value is -1.41.